The molecular weight excluding hydrogens is 426 g/mol. The van der Waals surface area contributed by atoms with Crippen molar-refractivity contribution >= 4 is 11.9 Å². The third kappa shape index (κ3) is 3.57. The Hall–Kier alpha value is -3.94. The highest BCUT2D eigenvalue weighted by atomic mass is 16.5. The highest BCUT2D eigenvalue weighted by Crippen LogP contribution is 2.45. The summed E-state index contributed by atoms with van der Waals surface area (Å²) in [4.78, 5) is 24.9. The van der Waals surface area contributed by atoms with Crippen molar-refractivity contribution in [3.05, 3.63) is 52.7 Å². The van der Waals surface area contributed by atoms with E-state index in [2.05, 4.69) is 0 Å². The fourth-order valence-corrected chi connectivity index (χ4v) is 4.50. The van der Waals surface area contributed by atoms with E-state index in [9.17, 15) is 19.8 Å². The number of methoxy groups -OCH3 is 2. The lowest BCUT2D eigenvalue weighted by Crippen LogP contribution is -2.15. The van der Waals surface area contributed by atoms with E-state index in [1.54, 1.807) is 27.2 Å². The number of esters is 1. The molecule has 0 atom stereocenters. The quantitative estimate of drug-likeness (QED) is 0.539. The molecular formula is C25H25NO7. The average Bonchev–Trinajstić information content (AvgIpc) is 3.11. The molecule has 0 saturated carbocycles. The first-order valence-corrected chi connectivity index (χ1v) is 10.5. The van der Waals surface area contributed by atoms with Crippen LogP contribution in [0.4, 0.5) is 0 Å². The molecule has 1 aliphatic heterocycles. The second-order valence-corrected chi connectivity index (χ2v) is 7.71. The van der Waals surface area contributed by atoms with Crippen LogP contribution in [0.1, 0.15) is 38.9 Å². The Labute approximate surface area is 190 Å². The summed E-state index contributed by atoms with van der Waals surface area (Å²) in [5, 5.41) is 19.5. The number of hydrogen-bond acceptors (Lipinski definition) is 6. The van der Waals surface area contributed by atoms with Crippen LogP contribution in [-0.2, 0) is 17.7 Å². The number of fused-ring (bicyclic) bond motifs is 3. The number of carbonyl (C=O) groups excluding carboxylic acids is 1. The average molecular weight is 451 g/mol. The van der Waals surface area contributed by atoms with Gasteiger partial charge in [0.2, 0.25) is 0 Å². The summed E-state index contributed by atoms with van der Waals surface area (Å²) in [7, 11) is 3.13. The van der Waals surface area contributed by atoms with Crippen LogP contribution in [0, 0.1) is 6.92 Å². The maximum atomic E-state index is 13.2. The SMILES string of the molecule is CCOC(=O)c1c(-c2ccc(O)c(C(=O)O)c2)c(C)n2c1-c1cc(OC)c(OC)cc1CC2. The Morgan fingerprint density at radius 3 is 2.42 bits per heavy atom. The third-order valence-corrected chi connectivity index (χ3v) is 5.99. The Morgan fingerprint density at radius 2 is 1.79 bits per heavy atom. The van der Waals surface area contributed by atoms with E-state index >= 15 is 0 Å². The molecule has 4 rings (SSSR count). The summed E-state index contributed by atoms with van der Waals surface area (Å²) in [5.41, 5.74) is 4.52. The van der Waals surface area contributed by atoms with Gasteiger partial charge in [-0.3, -0.25) is 0 Å². The lowest BCUT2D eigenvalue weighted by molar-refractivity contribution is 0.0527. The number of aromatic nitrogens is 1. The molecule has 0 saturated heterocycles. The largest absolute Gasteiger partial charge is 0.507 e. The third-order valence-electron chi connectivity index (χ3n) is 5.99. The minimum Gasteiger partial charge on any atom is -0.507 e. The van der Waals surface area contributed by atoms with Gasteiger partial charge in [0, 0.05) is 23.4 Å². The van der Waals surface area contributed by atoms with Crippen molar-refractivity contribution < 1.29 is 34.0 Å². The molecule has 0 spiro atoms. The minimum absolute atomic E-state index is 0.191. The van der Waals surface area contributed by atoms with Gasteiger partial charge in [0.15, 0.2) is 11.5 Å². The molecule has 8 nitrogen and oxygen atoms in total. The first-order chi connectivity index (χ1) is 15.8. The number of phenols is 1. The second kappa shape index (κ2) is 8.54. The number of carbonyl (C=O) groups is 2. The predicted molar refractivity (Wildman–Crippen MR) is 121 cm³/mol. The number of benzene rings is 2. The van der Waals surface area contributed by atoms with Gasteiger partial charge in [0.25, 0.3) is 0 Å². The van der Waals surface area contributed by atoms with E-state index in [0.717, 1.165) is 23.2 Å². The molecule has 0 radical (unpaired) electrons. The smallest absolute Gasteiger partial charge is 0.340 e. The van der Waals surface area contributed by atoms with Crippen LogP contribution < -0.4 is 9.47 Å². The summed E-state index contributed by atoms with van der Waals surface area (Å²) in [5.74, 6) is -0.950. The molecule has 2 heterocycles. The van der Waals surface area contributed by atoms with Crippen LogP contribution in [0.3, 0.4) is 0 Å². The van der Waals surface area contributed by atoms with Crippen molar-refractivity contribution in [1.29, 1.82) is 0 Å². The number of hydrogen-bond donors (Lipinski definition) is 2. The van der Waals surface area contributed by atoms with Gasteiger partial charge in [-0.25, -0.2) is 9.59 Å². The zero-order chi connectivity index (χ0) is 23.9. The van der Waals surface area contributed by atoms with E-state index in [0.29, 0.717) is 40.4 Å². The van der Waals surface area contributed by atoms with E-state index in [-0.39, 0.29) is 17.9 Å². The molecule has 33 heavy (non-hydrogen) atoms. The highest BCUT2D eigenvalue weighted by molar-refractivity contribution is 6.06. The van der Waals surface area contributed by atoms with Crippen LogP contribution in [0.5, 0.6) is 17.2 Å². The zero-order valence-corrected chi connectivity index (χ0v) is 18.9. The van der Waals surface area contributed by atoms with Crippen molar-refractivity contribution in [2.24, 2.45) is 0 Å². The van der Waals surface area contributed by atoms with Crippen molar-refractivity contribution in [1.82, 2.24) is 4.57 Å². The van der Waals surface area contributed by atoms with Gasteiger partial charge >= 0.3 is 11.9 Å². The van der Waals surface area contributed by atoms with Gasteiger partial charge in [0.1, 0.15) is 11.3 Å². The topological polar surface area (TPSA) is 107 Å². The van der Waals surface area contributed by atoms with Crippen LogP contribution in [0.25, 0.3) is 22.4 Å². The second-order valence-electron chi connectivity index (χ2n) is 7.71. The summed E-state index contributed by atoms with van der Waals surface area (Å²) in [6.07, 6.45) is 0.718. The van der Waals surface area contributed by atoms with Gasteiger partial charge in [0.05, 0.1) is 32.1 Å². The molecule has 172 valence electrons. The Bertz CT molecular complexity index is 1270. The number of aromatic carboxylic acids is 1. The van der Waals surface area contributed by atoms with Crippen LogP contribution >= 0.6 is 0 Å². The van der Waals surface area contributed by atoms with Crippen LogP contribution in [0.2, 0.25) is 0 Å². The molecule has 0 amide bonds. The lowest BCUT2D eigenvalue weighted by atomic mass is 9.93. The molecule has 0 aliphatic carbocycles. The molecule has 8 heteroatoms. The Balaban J connectivity index is 2.05. The minimum atomic E-state index is -1.25. The van der Waals surface area contributed by atoms with Gasteiger partial charge in [-0.1, -0.05) is 6.07 Å². The standard InChI is InChI=1S/C25H25NO7/c1-5-33-25(30)22-21(15-6-7-18(27)17(10-15)24(28)29)13(2)26-9-8-14-11-19(31-3)20(32-4)12-16(14)23(22)26/h6-7,10-12,27H,5,8-9H2,1-4H3,(H,28,29). The number of aromatic hydroxyl groups is 1. The van der Waals surface area contributed by atoms with E-state index in [1.165, 1.54) is 12.1 Å². The number of carboxylic acids is 1. The number of aryl methyl sites for hydroxylation is 1. The molecule has 0 fully saturated rings. The zero-order valence-electron chi connectivity index (χ0n) is 18.9. The lowest BCUT2D eigenvalue weighted by Gasteiger charge is -2.23. The van der Waals surface area contributed by atoms with E-state index in [1.807, 2.05) is 23.6 Å². The molecule has 1 aliphatic rings. The van der Waals surface area contributed by atoms with Crippen molar-refractivity contribution in [3.63, 3.8) is 0 Å². The molecule has 2 N–H and O–H groups in total. The highest BCUT2D eigenvalue weighted by Gasteiger charge is 2.32. The molecule has 2 aromatic carbocycles. The van der Waals surface area contributed by atoms with Gasteiger partial charge < -0.3 is 29.0 Å². The van der Waals surface area contributed by atoms with Gasteiger partial charge in [-0.2, -0.15) is 0 Å². The number of nitrogens with zero attached hydrogens (tertiary/aromatic N) is 1. The summed E-state index contributed by atoms with van der Waals surface area (Å²) >= 11 is 0. The van der Waals surface area contributed by atoms with Crippen molar-refractivity contribution in [2.45, 2.75) is 26.8 Å². The molecule has 1 aromatic heterocycles. The Kier molecular flexibility index (Phi) is 5.76. The van der Waals surface area contributed by atoms with E-state index in [4.69, 9.17) is 14.2 Å². The first-order valence-electron chi connectivity index (χ1n) is 10.5. The molecule has 0 unspecified atom stereocenters. The summed E-state index contributed by atoms with van der Waals surface area (Å²) in [6, 6.07) is 8.08. The van der Waals surface area contributed by atoms with Crippen LogP contribution in [-0.4, -0.2) is 47.5 Å². The van der Waals surface area contributed by atoms with E-state index < -0.39 is 11.9 Å². The summed E-state index contributed by atoms with van der Waals surface area (Å²) < 4.78 is 18.4. The maximum Gasteiger partial charge on any atom is 0.340 e. The number of rotatable bonds is 6. The summed E-state index contributed by atoms with van der Waals surface area (Å²) in [6.45, 7) is 4.44. The normalized spacial score (nSPS) is 12.0. The van der Waals surface area contributed by atoms with Crippen molar-refractivity contribution in [3.8, 4) is 39.6 Å². The Morgan fingerprint density at radius 1 is 1.09 bits per heavy atom. The predicted octanol–water partition coefficient (Wildman–Crippen LogP) is 4.28. The number of carboxylic acid groups (broad SMARTS) is 1. The first kappa shape index (κ1) is 22.3. The van der Waals surface area contributed by atoms with Gasteiger partial charge in [-0.15, -0.1) is 0 Å². The van der Waals surface area contributed by atoms with Gasteiger partial charge in [-0.05, 0) is 55.7 Å². The fraction of sp³-hybridized carbons (Fsp3) is 0.280. The fourth-order valence-electron chi connectivity index (χ4n) is 4.50. The van der Waals surface area contributed by atoms with Crippen LogP contribution in [0.15, 0.2) is 30.3 Å². The number of ether oxygens (including phenoxy) is 3. The monoisotopic (exact) mass is 451 g/mol. The maximum absolute atomic E-state index is 13.2. The molecule has 0 bridgehead atoms. The van der Waals surface area contributed by atoms with Crippen molar-refractivity contribution in [2.75, 3.05) is 20.8 Å². The molecule has 3 aromatic rings.